The van der Waals surface area contributed by atoms with Gasteiger partial charge in [-0.2, -0.15) is 0 Å². The number of hydrogen-bond acceptors (Lipinski definition) is 1. The molecule has 2 nitrogen and oxygen atoms in total. The van der Waals surface area contributed by atoms with E-state index in [1.165, 1.54) is 12.8 Å². The van der Waals surface area contributed by atoms with Crippen LogP contribution in [0, 0.1) is 0 Å². The van der Waals surface area contributed by atoms with Gasteiger partial charge >= 0.3 is 0 Å². The molecule has 2 rings (SSSR count). The lowest BCUT2D eigenvalue weighted by Crippen LogP contribution is -2.43. The van der Waals surface area contributed by atoms with Gasteiger partial charge in [-0.05, 0) is 53.9 Å². The summed E-state index contributed by atoms with van der Waals surface area (Å²) < 4.78 is 0.753. The van der Waals surface area contributed by atoms with Gasteiger partial charge in [-0.15, -0.1) is 0 Å². The van der Waals surface area contributed by atoms with Crippen molar-refractivity contribution in [2.45, 2.75) is 38.1 Å². The molecule has 0 radical (unpaired) electrons. The molecule has 0 bridgehead atoms. The van der Waals surface area contributed by atoms with E-state index < -0.39 is 0 Å². The maximum atomic E-state index is 12.1. The lowest BCUT2D eigenvalue weighted by atomic mass is 10.00. The van der Waals surface area contributed by atoms with Crippen LogP contribution in [0.5, 0.6) is 0 Å². The highest BCUT2D eigenvalue weighted by Gasteiger charge is 2.30. The van der Waals surface area contributed by atoms with Crippen LogP contribution in [0.15, 0.2) is 22.7 Å². The molecule has 1 fully saturated rings. The smallest absolute Gasteiger partial charge is 0.251 e. The number of halogens is 2. The van der Waals surface area contributed by atoms with Gasteiger partial charge < -0.3 is 5.32 Å². The molecule has 0 aromatic heterocycles. The molecule has 0 saturated heterocycles. The average molecular weight is 317 g/mol. The predicted molar refractivity (Wildman–Crippen MR) is 73.5 cm³/mol. The Labute approximate surface area is 115 Å². The number of amides is 1. The van der Waals surface area contributed by atoms with Crippen molar-refractivity contribution in [3.8, 4) is 0 Å². The number of hydrogen-bond donors (Lipinski definition) is 1. The molecule has 0 unspecified atom stereocenters. The molecule has 92 valence electrons. The van der Waals surface area contributed by atoms with E-state index in [0.717, 1.165) is 17.3 Å². The summed E-state index contributed by atoms with van der Waals surface area (Å²) in [6, 6.07) is 5.24. The molecule has 17 heavy (non-hydrogen) atoms. The summed E-state index contributed by atoms with van der Waals surface area (Å²) in [5.41, 5.74) is 0.609. The first kappa shape index (κ1) is 12.9. The molecule has 1 aliphatic carbocycles. The molecule has 0 aliphatic heterocycles. The maximum absolute atomic E-state index is 12.1. The monoisotopic (exact) mass is 315 g/mol. The molecule has 1 saturated carbocycles. The lowest BCUT2D eigenvalue weighted by molar-refractivity contribution is 0.0908. The molecule has 1 aromatic carbocycles. The van der Waals surface area contributed by atoms with Crippen molar-refractivity contribution in [1.29, 1.82) is 0 Å². The maximum Gasteiger partial charge on any atom is 0.251 e. The van der Waals surface area contributed by atoms with Crippen LogP contribution in [-0.2, 0) is 0 Å². The third-order valence-corrected chi connectivity index (χ3v) is 4.52. The van der Waals surface area contributed by atoms with Crippen LogP contribution < -0.4 is 5.32 Å². The molecule has 1 N–H and O–H groups in total. The van der Waals surface area contributed by atoms with Crippen molar-refractivity contribution >= 4 is 33.4 Å². The summed E-state index contributed by atoms with van der Waals surface area (Å²) in [5, 5.41) is 3.73. The Morgan fingerprint density at radius 3 is 2.65 bits per heavy atom. The lowest BCUT2D eigenvalue weighted by Gasteiger charge is -2.25. The van der Waals surface area contributed by atoms with Gasteiger partial charge in [-0.3, -0.25) is 4.79 Å². The van der Waals surface area contributed by atoms with Crippen LogP contribution in [0.4, 0.5) is 0 Å². The second kappa shape index (κ2) is 4.99. The molecule has 0 atom stereocenters. The van der Waals surface area contributed by atoms with Crippen LogP contribution in [0.3, 0.4) is 0 Å². The fourth-order valence-electron chi connectivity index (χ4n) is 2.26. The van der Waals surface area contributed by atoms with Gasteiger partial charge in [0.15, 0.2) is 0 Å². The van der Waals surface area contributed by atoms with E-state index >= 15 is 0 Å². The van der Waals surface area contributed by atoms with Crippen LogP contribution in [0.1, 0.15) is 43.0 Å². The zero-order valence-corrected chi connectivity index (χ0v) is 12.1. The van der Waals surface area contributed by atoms with Gasteiger partial charge in [0.1, 0.15) is 0 Å². The molecule has 1 aliphatic rings. The van der Waals surface area contributed by atoms with Crippen LogP contribution >= 0.6 is 27.5 Å². The third kappa shape index (κ3) is 3.02. The van der Waals surface area contributed by atoms with Gasteiger partial charge in [0.2, 0.25) is 0 Å². The Kier molecular flexibility index (Phi) is 3.79. The predicted octanol–water partition coefficient (Wildman–Crippen LogP) is 4.17. The molecule has 4 heteroatoms. The van der Waals surface area contributed by atoms with Gasteiger partial charge in [0.25, 0.3) is 5.91 Å². The van der Waals surface area contributed by atoms with E-state index in [-0.39, 0.29) is 11.4 Å². The minimum Gasteiger partial charge on any atom is -0.347 e. The fourth-order valence-corrected chi connectivity index (χ4v) is 2.76. The summed E-state index contributed by atoms with van der Waals surface area (Å²) in [6.45, 7) is 2.11. The summed E-state index contributed by atoms with van der Waals surface area (Å²) in [6.07, 6.45) is 4.52. The Hall–Kier alpha value is -0.540. The summed E-state index contributed by atoms with van der Waals surface area (Å²) >= 11 is 9.23. The number of carbonyl (C=O) groups is 1. The first-order valence-electron chi connectivity index (χ1n) is 5.78. The van der Waals surface area contributed by atoms with E-state index in [9.17, 15) is 4.79 Å². The van der Waals surface area contributed by atoms with Crippen molar-refractivity contribution in [2.75, 3.05) is 0 Å². The minimum atomic E-state index is -0.0385. The summed E-state index contributed by atoms with van der Waals surface area (Å²) in [7, 11) is 0. The highest BCUT2D eigenvalue weighted by atomic mass is 79.9. The quantitative estimate of drug-likeness (QED) is 0.872. The molecule has 0 spiro atoms. The first-order chi connectivity index (χ1) is 8.00. The van der Waals surface area contributed by atoms with Crippen LogP contribution in [0.2, 0.25) is 5.02 Å². The molecule has 1 amide bonds. The second-order valence-corrected chi connectivity index (χ2v) is 6.11. The minimum absolute atomic E-state index is 0.0215. The summed E-state index contributed by atoms with van der Waals surface area (Å²) in [4.78, 5) is 12.1. The van der Waals surface area contributed by atoms with Crippen molar-refractivity contribution < 1.29 is 4.79 Å². The Balaban J connectivity index is 2.11. The Morgan fingerprint density at radius 2 is 2.06 bits per heavy atom. The normalized spacial score (nSPS) is 18.1. The van der Waals surface area contributed by atoms with Crippen molar-refractivity contribution in [1.82, 2.24) is 5.32 Å². The van der Waals surface area contributed by atoms with Crippen molar-refractivity contribution in [2.24, 2.45) is 0 Å². The molecular formula is C13H15BrClNO. The zero-order valence-electron chi connectivity index (χ0n) is 9.72. The number of benzene rings is 1. The SMILES string of the molecule is CC1(NC(=O)c2ccc(Cl)c(Br)c2)CCCC1. The molecule has 1 aromatic rings. The van der Waals surface area contributed by atoms with Gasteiger partial charge in [0.05, 0.1) is 5.02 Å². The largest absolute Gasteiger partial charge is 0.347 e. The number of rotatable bonds is 2. The van der Waals surface area contributed by atoms with E-state index in [4.69, 9.17) is 11.6 Å². The molecule has 0 heterocycles. The van der Waals surface area contributed by atoms with E-state index in [0.29, 0.717) is 10.6 Å². The van der Waals surface area contributed by atoms with Gasteiger partial charge in [-0.1, -0.05) is 24.4 Å². The number of nitrogens with one attached hydrogen (secondary N) is 1. The van der Waals surface area contributed by atoms with E-state index in [1.807, 2.05) is 0 Å². The van der Waals surface area contributed by atoms with Crippen LogP contribution in [0.25, 0.3) is 0 Å². The van der Waals surface area contributed by atoms with Gasteiger partial charge in [0, 0.05) is 15.6 Å². The van der Waals surface area contributed by atoms with Crippen molar-refractivity contribution in [3.05, 3.63) is 33.3 Å². The van der Waals surface area contributed by atoms with E-state index in [2.05, 4.69) is 28.2 Å². The van der Waals surface area contributed by atoms with Crippen molar-refractivity contribution in [3.63, 3.8) is 0 Å². The number of carbonyl (C=O) groups excluding carboxylic acids is 1. The third-order valence-electron chi connectivity index (χ3n) is 3.30. The topological polar surface area (TPSA) is 29.1 Å². The van der Waals surface area contributed by atoms with Crippen LogP contribution in [-0.4, -0.2) is 11.4 Å². The molecular weight excluding hydrogens is 302 g/mol. The standard InChI is InChI=1S/C13H15BrClNO/c1-13(6-2-3-7-13)16-12(17)9-4-5-11(15)10(14)8-9/h4-5,8H,2-3,6-7H2,1H3,(H,16,17). The fraction of sp³-hybridized carbons (Fsp3) is 0.462. The van der Waals surface area contributed by atoms with Gasteiger partial charge in [-0.25, -0.2) is 0 Å². The second-order valence-electron chi connectivity index (χ2n) is 4.85. The first-order valence-corrected chi connectivity index (χ1v) is 6.95. The van der Waals surface area contributed by atoms with E-state index in [1.54, 1.807) is 18.2 Å². The summed E-state index contributed by atoms with van der Waals surface area (Å²) in [5.74, 6) is -0.0215. The zero-order chi connectivity index (χ0) is 12.5. The average Bonchev–Trinajstić information content (AvgIpc) is 2.69. The Bertz CT molecular complexity index is 441. The highest BCUT2D eigenvalue weighted by Crippen LogP contribution is 2.29. The Morgan fingerprint density at radius 1 is 1.41 bits per heavy atom. The highest BCUT2D eigenvalue weighted by molar-refractivity contribution is 9.10.